The Morgan fingerprint density at radius 1 is 1.29 bits per heavy atom. The molecule has 0 radical (unpaired) electrons. The topological polar surface area (TPSA) is 12.0 Å². The first kappa shape index (κ1) is 11.6. The van der Waals surface area contributed by atoms with Crippen LogP contribution in [-0.4, -0.2) is 24.6 Å². The smallest absolute Gasteiger partial charge is 0.0135 e. The molecule has 4 atom stereocenters. The van der Waals surface area contributed by atoms with Gasteiger partial charge in [-0.15, -0.1) is 0 Å². The van der Waals surface area contributed by atoms with E-state index in [-0.39, 0.29) is 0 Å². The molecular formula is C15H21NS. The van der Waals surface area contributed by atoms with Crippen LogP contribution in [0, 0.1) is 11.8 Å². The third kappa shape index (κ3) is 2.38. The number of thioether (sulfide) groups is 1. The summed E-state index contributed by atoms with van der Waals surface area (Å²) >= 11 is 2.13. The Labute approximate surface area is 108 Å². The maximum absolute atomic E-state index is 3.59. The van der Waals surface area contributed by atoms with Crippen molar-refractivity contribution in [2.24, 2.45) is 11.8 Å². The molecule has 2 aliphatic rings. The van der Waals surface area contributed by atoms with Crippen molar-refractivity contribution in [2.45, 2.75) is 24.8 Å². The van der Waals surface area contributed by atoms with E-state index >= 15 is 0 Å². The molecule has 92 valence electrons. The van der Waals surface area contributed by atoms with Crippen LogP contribution in [0.4, 0.5) is 0 Å². The summed E-state index contributed by atoms with van der Waals surface area (Å²) in [4.78, 5) is 0. The summed E-state index contributed by atoms with van der Waals surface area (Å²) in [5, 5.41) is 3.59. The SMILES string of the molecule is CNC(C1CCSC1)C1CC1c1ccccc1. The van der Waals surface area contributed by atoms with E-state index in [1.807, 2.05) is 0 Å². The molecular weight excluding hydrogens is 226 g/mol. The molecule has 1 aliphatic carbocycles. The van der Waals surface area contributed by atoms with Crippen molar-refractivity contribution in [3.8, 4) is 0 Å². The first-order valence-corrected chi connectivity index (χ1v) is 7.85. The molecule has 3 rings (SSSR count). The minimum absolute atomic E-state index is 0.746. The van der Waals surface area contributed by atoms with Gasteiger partial charge >= 0.3 is 0 Å². The third-order valence-electron chi connectivity index (χ3n) is 4.33. The van der Waals surface area contributed by atoms with Crippen molar-refractivity contribution in [1.82, 2.24) is 5.32 Å². The maximum atomic E-state index is 3.59. The zero-order valence-corrected chi connectivity index (χ0v) is 11.2. The van der Waals surface area contributed by atoms with Gasteiger partial charge in [-0.1, -0.05) is 30.3 Å². The van der Waals surface area contributed by atoms with Crippen molar-refractivity contribution < 1.29 is 0 Å². The molecule has 1 aromatic carbocycles. The van der Waals surface area contributed by atoms with Crippen LogP contribution in [0.25, 0.3) is 0 Å². The van der Waals surface area contributed by atoms with Crippen LogP contribution < -0.4 is 5.32 Å². The molecule has 2 heteroatoms. The Bertz CT molecular complexity index is 358. The molecule has 1 saturated heterocycles. The Balaban J connectivity index is 1.66. The van der Waals surface area contributed by atoms with Gasteiger partial charge in [0.25, 0.3) is 0 Å². The van der Waals surface area contributed by atoms with Crippen LogP contribution in [0.1, 0.15) is 24.3 Å². The molecule has 0 bridgehead atoms. The molecule has 1 heterocycles. The highest BCUT2D eigenvalue weighted by Gasteiger charge is 2.46. The lowest BCUT2D eigenvalue weighted by Gasteiger charge is -2.22. The van der Waals surface area contributed by atoms with Gasteiger partial charge in [-0.25, -0.2) is 0 Å². The highest BCUT2D eigenvalue weighted by Crippen LogP contribution is 2.52. The summed E-state index contributed by atoms with van der Waals surface area (Å²) in [6.45, 7) is 0. The summed E-state index contributed by atoms with van der Waals surface area (Å²) in [7, 11) is 2.15. The van der Waals surface area contributed by atoms with Gasteiger partial charge < -0.3 is 5.32 Å². The van der Waals surface area contributed by atoms with Crippen molar-refractivity contribution in [1.29, 1.82) is 0 Å². The van der Waals surface area contributed by atoms with Crippen LogP contribution in [-0.2, 0) is 0 Å². The van der Waals surface area contributed by atoms with Gasteiger partial charge in [0.1, 0.15) is 0 Å². The number of nitrogens with one attached hydrogen (secondary N) is 1. The summed E-state index contributed by atoms with van der Waals surface area (Å²) in [5.74, 6) is 5.34. The molecule has 1 saturated carbocycles. The molecule has 17 heavy (non-hydrogen) atoms. The van der Waals surface area contributed by atoms with Gasteiger partial charge in [0.05, 0.1) is 0 Å². The van der Waals surface area contributed by atoms with Crippen molar-refractivity contribution in [3.05, 3.63) is 35.9 Å². The van der Waals surface area contributed by atoms with Crippen LogP contribution in [0.2, 0.25) is 0 Å². The van der Waals surface area contributed by atoms with Gasteiger partial charge in [-0.05, 0) is 54.7 Å². The molecule has 2 fully saturated rings. The predicted octanol–water partition coefficient (Wildman–Crippen LogP) is 3.13. The summed E-state index contributed by atoms with van der Waals surface area (Å²) in [6.07, 6.45) is 2.80. The monoisotopic (exact) mass is 247 g/mol. The largest absolute Gasteiger partial charge is 0.316 e. The van der Waals surface area contributed by atoms with E-state index < -0.39 is 0 Å². The number of hydrogen-bond donors (Lipinski definition) is 1. The number of rotatable bonds is 4. The van der Waals surface area contributed by atoms with Crippen LogP contribution in [0.15, 0.2) is 30.3 Å². The van der Waals surface area contributed by atoms with E-state index in [2.05, 4.69) is 54.5 Å². The van der Waals surface area contributed by atoms with Crippen molar-refractivity contribution >= 4 is 11.8 Å². The zero-order valence-electron chi connectivity index (χ0n) is 10.4. The number of hydrogen-bond acceptors (Lipinski definition) is 2. The van der Waals surface area contributed by atoms with Gasteiger partial charge in [-0.3, -0.25) is 0 Å². The number of benzene rings is 1. The summed E-state index contributed by atoms with van der Waals surface area (Å²) in [6, 6.07) is 11.8. The highest BCUT2D eigenvalue weighted by atomic mass is 32.2. The molecule has 1 nitrogen and oxygen atoms in total. The quantitative estimate of drug-likeness (QED) is 0.877. The van der Waals surface area contributed by atoms with Crippen LogP contribution in [0.5, 0.6) is 0 Å². The first-order valence-electron chi connectivity index (χ1n) is 6.70. The Kier molecular flexibility index (Phi) is 3.44. The second-order valence-corrected chi connectivity index (χ2v) is 6.50. The van der Waals surface area contributed by atoms with E-state index in [1.54, 1.807) is 5.56 Å². The van der Waals surface area contributed by atoms with Crippen LogP contribution >= 0.6 is 11.8 Å². The average molecular weight is 247 g/mol. The van der Waals surface area contributed by atoms with Crippen molar-refractivity contribution in [3.63, 3.8) is 0 Å². The van der Waals surface area contributed by atoms with E-state index in [4.69, 9.17) is 0 Å². The summed E-state index contributed by atoms with van der Waals surface area (Å²) in [5.41, 5.74) is 1.54. The minimum atomic E-state index is 0.746. The lowest BCUT2D eigenvalue weighted by atomic mass is 9.93. The van der Waals surface area contributed by atoms with Gasteiger partial charge in [0.15, 0.2) is 0 Å². The Morgan fingerprint density at radius 2 is 2.12 bits per heavy atom. The zero-order chi connectivity index (χ0) is 11.7. The third-order valence-corrected chi connectivity index (χ3v) is 5.52. The summed E-state index contributed by atoms with van der Waals surface area (Å²) < 4.78 is 0. The normalized spacial score (nSPS) is 33.6. The molecule has 0 aromatic heterocycles. The lowest BCUT2D eigenvalue weighted by molar-refractivity contribution is 0.363. The average Bonchev–Trinajstić information content (AvgIpc) is 2.97. The predicted molar refractivity (Wildman–Crippen MR) is 75.6 cm³/mol. The standard InChI is InChI=1S/C15H21NS/c1-16-15(12-7-8-17-10-12)14-9-13(14)11-5-3-2-4-6-11/h2-6,12-16H,7-10H2,1H3. The van der Waals surface area contributed by atoms with E-state index in [0.717, 1.165) is 23.8 Å². The van der Waals surface area contributed by atoms with E-state index in [0.29, 0.717) is 0 Å². The molecule has 0 spiro atoms. The lowest BCUT2D eigenvalue weighted by Crippen LogP contribution is -2.36. The highest BCUT2D eigenvalue weighted by molar-refractivity contribution is 7.99. The fourth-order valence-electron chi connectivity index (χ4n) is 3.33. The van der Waals surface area contributed by atoms with Gasteiger partial charge in [0.2, 0.25) is 0 Å². The molecule has 1 aliphatic heterocycles. The second-order valence-electron chi connectivity index (χ2n) is 5.35. The van der Waals surface area contributed by atoms with Crippen molar-refractivity contribution in [2.75, 3.05) is 18.6 Å². The first-order chi connectivity index (χ1) is 8.40. The molecule has 4 unspecified atom stereocenters. The van der Waals surface area contributed by atoms with Crippen LogP contribution in [0.3, 0.4) is 0 Å². The molecule has 1 N–H and O–H groups in total. The molecule has 0 amide bonds. The minimum Gasteiger partial charge on any atom is -0.316 e. The van der Waals surface area contributed by atoms with Gasteiger partial charge in [-0.2, -0.15) is 11.8 Å². The fourth-order valence-corrected chi connectivity index (χ4v) is 4.64. The van der Waals surface area contributed by atoms with Gasteiger partial charge in [0, 0.05) is 6.04 Å². The Morgan fingerprint density at radius 3 is 2.76 bits per heavy atom. The van der Waals surface area contributed by atoms with E-state index in [9.17, 15) is 0 Å². The maximum Gasteiger partial charge on any atom is 0.0135 e. The Hall–Kier alpha value is -0.470. The van der Waals surface area contributed by atoms with E-state index in [1.165, 1.54) is 24.3 Å². The fraction of sp³-hybridized carbons (Fsp3) is 0.600. The molecule has 1 aromatic rings. The second kappa shape index (κ2) is 5.03.